The number of aliphatic imine (C=N–C) groups is 1. The van der Waals surface area contributed by atoms with Crippen LogP contribution in [0.15, 0.2) is 77.9 Å². The number of halogens is 3. The van der Waals surface area contributed by atoms with Crippen molar-refractivity contribution in [2.24, 2.45) is 4.99 Å². The molecule has 10 nitrogen and oxygen atoms in total. The molecule has 44 heavy (non-hydrogen) atoms. The lowest BCUT2D eigenvalue weighted by molar-refractivity contribution is -0.133. The third kappa shape index (κ3) is 6.08. The number of fused-ring (bicyclic) bond motifs is 2. The Balaban J connectivity index is 1.20. The molecule has 3 aliphatic heterocycles. The first-order valence-corrected chi connectivity index (χ1v) is 14.4. The van der Waals surface area contributed by atoms with E-state index in [1.807, 2.05) is 12.1 Å². The second-order valence-corrected chi connectivity index (χ2v) is 10.9. The summed E-state index contributed by atoms with van der Waals surface area (Å²) < 4.78 is 41.1. The summed E-state index contributed by atoms with van der Waals surface area (Å²) in [6.45, 7) is -0.456. The normalized spacial score (nSPS) is 19.3. The molecule has 13 heteroatoms. The lowest BCUT2D eigenvalue weighted by atomic mass is 10.0. The van der Waals surface area contributed by atoms with E-state index in [-0.39, 0.29) is 30.8 Å². The SMILES string of the molecule is O=C(N[C@@H]1N=C(c2ccccc2)c2ccccc2N(CC(F)(F)F)C1=O)N1CCC(N2CCc3cccnc3NC2=O)CC1. The van der Waals surface area contributed by atoms with Gasteiger partial charge in [0.2, 0.25) is 6.17 Å². The molecule has 0 radical (unpaired) electrons. The molecule has 5 amide bonds. The Morgan fingerprint density at radius 1 is 0.955 bits per heavy atom. The largest absolute Gasteiger partial charge is 0.406 e. The summed E-state index contributed by atoms with van der Waals surface area (Å²) in [5, 5.41) is 5.45. The number of pyridine rings is 1. The van der Waals surface area contributed by atoms with Crippen LogP contribution in [0.25, 0.3) is 0 Å². The fourth-order valence-corrected chi connectivity index (χ4v) is 5.90. The summed E-state index contributed by atoms with van der Waals surface area (Å²) in [5.41, 5.74) is 2.25. The fourth-order valence-electron chi connectivity index (χ4n) is 5.90. The number of benzene rings is 2. The topological polar surface area (TPSA) is 110 Å². The van der Waals surface area contributed by atoms with E-state index in [1.54, 1.807) is 59.6 Å². The Morgan fingerprint density at radius 3 is 2.43 bits per heavy atom. The van der Waals surface area contributed by atoms with E-state index in [9.17, 15) is 27.6 Å². The highest BCUT2D eigenvalue weighted by Gasteiger charge is 2.41. The lowest BCUT2D eigenvalue weighted by Crippen LogP contribution is -2.55. The highest BCUT2D eigenvalue weighted by molar-refractivity contribution is 6.20. The first-order chi connectivity index (χ1) is 21.2. The first kappa shape index (κ1) is 29.1. The van der Waals surface area contributed by atoms with Crippen LogP contribution in [-0.2, 0) is 11.2 Å². The van der Waals surface area contributed by atoms with Crippen LogP contribution in [0.5, 0.6) is 0 Å². The minimum atomic E-state index is -4.69. The van der Waals surface area contributed by atoms with Crippen molar-refractivity contribution in [1.29, 1.82) is 0 Å². The number of alkyl halides is 3. The Labute approximate surface area is 251 Å². The number of piperidine rings is 1. The number of amides is 5. The second kappa shape index (κ2) is 12.0. The molecule has 1 aromatic heterocycles. The molecule has 1 saturated heterocycles. The monoisotopic (exact) mass is 605 g/mol. The number of carbonyl (C=O) groups is 3. The van der Waals surface area contributed by atoms with Crippen LogP contribution in [-0.4, -0.2) is 83.0 Å². The van der Waals surface area contributed by atoms with Crippen molar-refractivity contribution in [3.63, 3.8) is 0 Å². The van der Waals surface area contributed by atoms with Crippen LogP contribution < -0.4 is 15.5 Å². The predicted octanol–water partition coefficient (Wildman–Crippen LogP) is 4.42. The average molecular weight is 606 g/mol. The molecule has 2 N–H and O–H groups in total. The van der Waals surface area contributed by atoms with E-state index in [0.29, 0.717) is 53.4 Å². The van der Waals surface area contributed by atoms with Gasteiger partial charge in [0.05, 0.1) is 11.4 Å². The van der Waals surface area contributed by atoms with Crippen molar-refractivity contribution in [3.8, 4) is 0 Å². The van der Waals surface area contributed by atoms with Crippen LogP contribution in [0, 0.1) is 0 Å². The maximum atomic E-state index is 13.7. The highest BCUT2D eigenvalue weighted by Crippen LogP contribution is 2.31. The molecule has 6 rings (SSSR count). The molecular formula is C31H30F3N7O3. The zero-order valence-electron chi connectivity index (χ0n) is 23.6. The number of rotatable bonds is 4. The molecular weight excluding hydrogens is 575 g/mol. The summed E-state index contributed by atoms with van der Waals surface area (Å²) in [6.07, 6.45) is -3.02. The second-order valence-electron chi connectivity index (χ2n) is 10.9. The molecule has 0 unspecified atom stereocenters. The van der Waals surface area contributed by atoms with Gasteiger partial charge in [-0.25, -0.2) is 19.6 Å². The van der Waals surface area contributed by atoms with Crippen molar-refractivity contribution >= 4 is 35.2 Å². The van der Waals surface area contributed by atoms with Crippen molar-refractivity contribution in [2.75, 3.05) is 36.4 Å². The summed E-state index contributed by atoms with van der Waals surface area (Å²) in [5.74, 6) is -0.444. The number of benzodiazepines with no additional fused rings is 1. The molecule has 4 heterocycles. The Hall–Kier alpha value is -4.94. The molecule has 2 aromatic carbocycles. The summed E-state index contributed by atoms with van der Waals surface area (Å²) >= 11 is 0. The molecule has 0 saturated carbocycles. The van der Waals surface area contributed by atoms with Crippen LogP contribution in [0.3, 0.4) is 0 Å². The third-order valence-electron chi connectivity index (χ3n) is 8.04. The summed E-state index contributed by atoms with van der Waals surface area (Å²) in [7, 11) is 0. The van der Waals surface area contributed by atoms with E-state index in [0.717, 1.165) is 5.56 Å². The van der Waals surface area contributed by atoms with Gasteiger partial charge in [-0.2, -0.15) is 13.2 Å². The van der Waals surface area contributed by atoms with E-state index < -0.39 is 30.8 Å². The van der Waals surface area contributed by atoms with Gasteiger partial charge in [-0.1, -0.05) is 54.6 Å². The molecule has 3 aliphatic rings. The molecule has 0 spiro atoms. The smallest absolute Gasteiger partial charge is 0.325 e. The van der Waals surface area contributed by atoms with Gasteiger partial charge in [0.25, 0.3) is 5.91 Å². The lowest BCUT2D eigenvalue weighted by Gasteiger charge is -2.38. The molecule has 0 bridgehead atoms. The van der Waals surface area contributed by atoms with Gasteiger partial charge in [-0.05, 0) is 37.0 Å². The Kier molecular flexibility index (Phi) is 7.93. The van der Waals surface area contributed by atoms with Gasteiger partial charge in [0.1, 0.15) is 12.4 Å². The van der Waals surface area contributed by atoms with E-state index >= 15 is 0 Å². The standard InChI is InChI=1S/C31H30F3N7O3/c32-31(33,34)19-41-24-11-5-4-10-23(24)25(20-7-2-1-3-8-20)36-27(28(41)42)38-29(43)39-16-13-22(14-17-39)40-18-12-21-9-6-15-35-26(21)37-30(40)44/h1-11,15,22,27H,12-14,16-19H2,(H,38,43)(H,35,37,44)/t27-/m0/s1. The maximum absolute atomic E-state index is 13.7. The minimum absolute atomic E-state index is 0.0584. The van der Waals surface area contributed by atoms with Crippen molar-refractivity contribution in [3.05, 3.63) is 89.6 Å². The molecule has 1 fully saturated rings. The number of likely N-dealkylation sites (tertiary alicyclic amines) is 1. The zero-order valence-corrected chi connectivity index (χ0v) is 23.6. The number of hydrogen-bond donors (Lipinski definition) is 2. The number of nitrogens with one attached hydrogen (secondary N) is 2. The molecule has 0 aliphatic carbocycles. The van der Waals surface area contributed by atoms with Gasteiger partial charge in [-0.15, -0.1) is 0 Å². The van der Waals surface area contributed by atoms with Gasteiger partial charge in [0, 0.05) is 43.0 Å². The van der Waals surface area contributed by atoms with E-state index in [4.69, 9.17) is 0 Å². The van der Waals surface area contributed by atoms with Crippen molar-refractivity contribution in [1.82, 2.24) is 20.1 Å². The van der Waals surface area contributed by atoms with E-state index in [2.05, 4.69) is 20.6 Å². The van der Waals surface area contributed by atoms with Crippen LogP contribution in [0.4, 0.5) is 34.3 Å². The van der Waals surface area contributed by atoms with Crippen LogP contribution >= 0.6 is 0 Å². The van der Waals surface area contributed by atoms with Crippen molar-refractivity contribution in [2.45, 2.75) is 37.6 Å². The van der Waals surface area contributed by atoms with Gasteiger partial charge in [-0.3, -0.25) is 15.0 Å². The summed E-state index contributed by atoms with van der Waals surface area (Å²) in [4.78, 5) is 52.7. The average Bonchev–Trinajstić information content (AvgIpc) is 3.25. The highest BCUT2D eigenvalue weighted by atomic mass is 19.4. The molecule has 1 atom stereocenters. The predicted molar refractivity (Wildman–Crippen MR) is 158 cm³/mol. The minimum Gasteiger partial charge on any atom is -0.325 e. The van der Waals surface area contributed by atoms with Gasteiger partial charge < -0.3 is 15.1 Å². The number of carbonyl (C=O) groups excluding carboxylic acids is 3. The number of aromatic nitrogens is 1. The Bertz CT molecular complexity index is 1590. The quantitative estimate of drug-likeness (QED) is 0.459. The van der Waals surface area contributed by atoms with Gasteiger partial charge in [0.15, 0.2) is 0 Å². The number of anilines is 2. The zero-order chi connectivity index (χ0) is 30.8. The number of urea groups is 2. The van der Waals surface area contributed by atoms with Crippen LogP contribution in [0.1, 0.15) is 29.5 Å². The van der Waals surface area contributed by atoms with Crippen LogP contribution in [0.2, 0.25) is 0 Å². The third-order valence-corrected chi connectivity index (χ3v) is 8.04. The molecule has 228 valence electrons. The number of hydrogen-bond acceptors (Lipinski definition) is 5. The summed E-state index contributed by atoms with van der Waals surface area (Å²) in [6, 6.07) is 17.9. The fraction of sp³-hybridized carbons (Fsp3) is 0.323. The first-order valence-electron chi connectivity index (χ1n) is 14.4. The maximum Gasteiger partial charge on any atom is 0.406 e. The molecule has 3 aromatic rings. The van der Waals surface area contributed by atoms with Gasteiger partial charge >= 0.3 is 18.2 Å². The van der Waals surface area contributed by atoms with Crippen molar-refractivity contribution < 1.29 is 27.6 Å². The van der Waals surface area contributed by atoms with E-state index in [1.165, 1.54) is 11.0 Å². The number of nitrogens with zero attached hydrogens (tertiary/aromatic N) is 5. The number of para-hydroxylation sites is 1. The Morgan fingerprint density at radius 2 is 1.68 bits per heavy atom.